The lowest BCUT2D eigenvalue weighted by Gasteiger charge is -2.26. The summed E-state index contributed by atoms with van der Waals surface area (Å²) in [6.07, 6.45) is 16.2. The Labute approximate surface area is 145 Å². The molecule has 0 saturated heterocycles. The van der Waals surface area contributed by atoms with Crippen molar-refractivity contribution in [1.29, 1.82) is 0 Å². The molecule has 2 N–H and O–H groups in total. The van der Waals surface area contributed by atoms with Gasteiger partial charge in [0.05, 0.1) is 12.6 Å². The minimum atomic E-state index is 0.0361. The van der Waals surface area contributed by atoms with Crippen molar-refractivity contribution in [3.05, 3.63) is 59.0 Å². The molecule has 4 heteroatoms. The normalized spacial score (nSPS) is 19.0. The van der Waals surface area contributed by atoms with Gasteiger partial charge in [-0.05, 0) is 31.5 Å². The van der Waals surface area contributed by atoms with E-state index in [-0.39, 0.29) is 6.04 Å². The van der Waals surface area contributed by atoms with Crippen LogP contribution in [0.25, 0.3) is 0 Å². The number of allylic oxidation sites excluding steroid dienone is 4. The molecule has 2 rings (SSSR count). The molecule has 0 bridgehead atoms. The molecule has 0 aromatic rings. The fourth-order valence-electron chi connectivity index (χ4n) is 2.24. The number of hydrogen-bond donors (Lipinski definition) is 2. The predicted molar refractivity (Wildman–Crippen MR) is 100 cm³/mol. The largest absolute Gasteiger partial charge is 0.493 e. The summed E-state index contributed by atoms with van der Waals surface area (Å²) in [4.78, 5) is 0. The Morgan fingerprint density at radius 3 is 2.91 bits per heavy atom. The Balaban J connectivity index is 0.00000127. The van der Waals surface area contributed by atoms with Gasteiger partial charge in [0.1, 0.15) is 5.76 Å². The molecular weight excluding hydrogens is 308 g/mol. The average molecular weight is 337 g/mol. The van der Waals surface area contributed by atoms with Crippen molar-refractivity contribution < 1.29 is 4.74 Å². The second-order valence-corrected chi connectivity index (χ2v) is 5.39. The van der Waals surface area contributed by atoms with E-state index in [1.165, 1.54) is 0 Å². The van der Waals surface area contributed by atoms with Crippen molar-refractivity contribution in [2.45, 2.75) is 39.7 Å². The molecule has 0 aromatic heterocycles. The highest BCUT2D eigenvalue weighted by molar-refractivity contribution is 6.30. The molecule has 0 saturated carbocycles. The predicted octanol–water partition coefficient (Wildman–Crippen LogP) is 4.41. The van der Waals surface area contributed by atoms with Crippen LogP contribution in [0.15, 0.2) is 59.0 Å². The first-order valence-electron chi connectivity index (χ1n) is 8.52. The minimum absolute atomic E-state index is 0.0361. The molecule has 1 aliphatic carbocycles. The molecule has 3 nitrogen and oxygen atoms in total. The molecule has 1 atom stereocenters. The molecular formula is C19H29ClN2O. The van der Waals surface area contributed by atoms with E-state index in [4.69, 9.17) is 16.3 Å². The van der Waals surface area contributed by atoms with Crippen LogP contribution in [0, 0.1) is 0 Å². The van der Waals surface area contributed by atoms with E-state index in [2.05, 4.69) is 35.8 Å². The maximum absolute atomic E-state index is 6.21. The van der Waals surface area contributed by atoms with Crippen molar-refractivity contribution in [3.63, 3.8) is 0 Å². The van der Waals surface area contributed by atoms with Crippen LogP contribution in [0.2, 0.25) is 0 Å². The van der Waals surface area contributed by atoms with Crippen LogP contribution in [0.1, 0.15) is 33.6 Å². The molecule has 128 valence electrons. The van der Waals surface area contributed by atoms with E-state index >= 15 is 0 Å². The van der Waals surface area contributed by atoms with Crippen molar-refractivity contribution in [1.82, 2.24) is 10.6 Å². The summed E-state index contributed by atoms with van der Waals surface area (Å²) in [6.45, 7) is 8.73. The number of ether oxygens (including phenoxy) is 1. The van der Waals surface area contributed by atoms with Gasteiger partial charge in [0.2, 0.25) is 0 Å². The van der Waals surface area contributed by atoms with E-state index in [0.29, 0.717) is 6.61 Å². The van der Waals surface area contributed by atoms with Crippen molar-refractivity contribution in [3.8, 4) is 0 Å². The Kier molecular flexibility index (Phi) is 10.3. The summed E-state index contributed by atoms with van der Waals surface area (Å²) in [7, 11) is 0. The summed E-state index contributed by atoms with van der Waals surface area (Å²) >= 11 is 6.21. The SMILES string of the molecule is CC.CC/C=C\CNCCCOC1=C2C=CC=C(Cl)C2NC=C1. The van der Waals surface area contributed by atoms with E-state index in [1.807, 2.05) is 38.3 Å². The van der Waals surface area contributed by atoms with Crippen LogP contribution in [0.5, 0.6) is 0 Å². The van der Waals surface area contributed by atoms with Gasteiger partial charge in [-0.2, -0.15) is 0 Å². The maximum Gasteiger partial charge on any atom is 0.126 e. The standard InChI is InChI=1S/C17H23ClN2O.C2H6/c1-2-3-4-10-19-11-6-13-21-16-9-12-20-17-14(16)7-5-8-15(17)18;1-2/h3-5,7-9,12,17,19-20H,2,6,10-11,13H2,1H3;1-2H3/b4-3-;. The molecule has 1 aliphatic heterocycles. The monoisotopic (exact) mass is 336 g/mol. The first-order valence-corrected chi connectivity index (χ1v) is 8.89. The van der Waals surface area contributed by atoms with E-state index in [9.17, 15) is 0 Å². The van der Waals surface area contributed by atoms with Gasteiger partial charge in [0.15, 0.2) is 0 Å². The van der Waals surface area contributed by atoms with Gasteiger partial charge in [-0.1, -0.05) is 56.7 Å². The third kappa shape index (κ3) is 6.67. The van der Waals surface area contributed by atoms with Crippen LogP contribution in [-0.4, -0.2) is 25.7 Å². The summed E-state index contributed by atoms with van der Waals surface area (Å²) < 4.78 is 5.89. The van der Waals surface area contributed by atoms with Gasteiger partial charge >= 0.3 is 0 Å². The number of dihydropyridines is 1. The maximum atomic E-state index is 6.21. The smallest absolute Gasteiger partial charge is 0.126 e. The van der Waals surface area contributed by atoms with Gasteiger partial charge in [-0.15, -0.1) is 0 Å². The van der Waals surface area contributed by atoms with Gasteiger partial charge in [-0.25, -0.2) is 0 Å². The fraction of sp³-hybridized carbons (Fsp3) is 0.474. The summed E-state index contributed by atoms with van der Waals surface area (Å²) in [6, 6.07) is 0.0361. The van der Waals surface area contributed by atoms with E-state index < -0.39 is 0 Å². The van der Waals surface area contributed by atoms with Crippen LogP contribution < -0.4 is 10.6 Å². The van der Waals surface area contributed by atoms with Crippen molar-refractivity contribution >= 4 is 11.6 Å². The summed E-state index contributed by atoms with van der Waals surface area (Å²) in [5.41, 5.74) is 1.10. The molecule has 0 fully saturated rings. The van der Waals surface area contributed by atoms with Crippen LogP contribution in [0.3, 0.4) is 0 Å². The number of hydrogen-bond acceptors (Lipinski definition) is 3. The quantitative estimate of drug-likeness (QED) is 0.509. The lowest BCUT2D eigenvalue weighted by atomic mass is 9.98. The zero-order valence-corrected chi connectivity index (χ0v) is 15.2. The number of nitrogens with one attached hydrogen (secondary N) is 2. The van der Waals surface area contributed by atoms with E-state index in [0.717, 1.165) is 42.3 Å². The highest BCUT2D eigenvalue weighted by atomic mass is 35.5. The molecule has 23 heavy (non-hydrogen) atoms. The lowest BCUT2D eigenvalue weighted by Crippen LogP contribution is -2.31. The Morgan fingerprint density at radius 2 is 2.13 bits per heavy atom. The third-order valence-corrected chi connectivity index (χ3v) is 3.66. The van der Waals surface area contributed by atoms with Crippen LogP contribution in [-0.2, 0) is 4.74 Å². The molecule has 1 heterocycles. The zero-order chi connectivity index (χ0) is 16.9. The Hall–Kier alpha value is -1.45. The first kappa shape index (κ1) is 19.6. The lowest BCUT2D eigenvalue weighted by molar-refractivity contribution is 0.214. The Morgan fingerprint density at radius 1 is 1.30 bits per heavy atom. The number of fused-ring (bicyclic) bond motifs is 1. The molecule has 0 amide bonds. The molecule has 2 aliphatic rings. The first-order chi connectivity index (χ1) is 11.3. The average Bonchev–Trinajstić information content (AvgIpc) is 2.60. The van der Waals surface area contributed by atoms with Crippen LogP contribution >= 0.6 is 11.6 Å². The highest BCUT2D eigenvalue weighted by Crippen LogP contribution is 2.27. The molecule has 0 radical (unpaired) electrons. The van der Waals surface area contributed by atoms with Crippen molar-refractivity contribution in [2.75, 3.05) is 19.7 Å². The third-order valence-electron chi connectivity index (χ3n) is 3.32. The molecule has 0 aromatic carbocycles. The minimum Gasteiger partial charge on any atom is -0.493 e. The van der Waals surface area contributed by atoms with Crippen LogP contribution in [0.4, 0.5) is 0 Å². The second kappa shape index (κ2) is 12.0. The summed E-state index contributed by atoms with van der Waals surface area (Å²) in [5, 5.41) is 7.40. The zero-order valence-electron chi connectivity index (χ0n) is 14.4. The van der Waals surface area contributed by atoms with Gasteiger partial charge in [-0.3, -0.25) is 0 Å². The van der Waals surface area contributed by atoms with Crippen molar-refractivity contribution in [2.24, 2.45) is 0 Å². The number of halogens is 1. The van der Waals surface area contributed by atoms with E-state index in [1.54, 1.807) is 0 Å². The van der Waals surface area contributed by atoms with Gasteiger partial charge in [0, 0.05) is 23.4 Å². The summed E-state index contributed by atoms with van der Waals surface area (Å²) in [5.74, 6) is 0.909. The molecule has 0 spiro atoms. The number of rotatable bonds is 8. The van der Waals surface area contributed by atoms with Gasteiger partial charge < -0.3 is 15.4 Å². The fourth-order valence-corrected chi connectivity index (χ4v) is 2.49. The molecule has 1 unspecified atom stereocenters. The second-order valence-electron chi connectivity index (χ2n) is 4.95. The topological polar surface area (TPSA) is 33.3 Å². The highest BCUT2D eigenvalue weighted by Gasteiger charge is 2.23. The van der Waals surface area contributed by atoms with Gasteiger partial charge in [0.25, 0.3) is 0 Å². The Bertz CT molecular complexity index is 490.